The molecule has 0 aliphatic heterocycles. The highest BCUT2D eigenvalue weighted by Crippen LogP contribution is 2.38. The zero-order chi connectivity index (χ0) is 14.8. The van der Waals surface area contributed by atoms with Crippen LogP contribution in [0.15, 0.2) is 24.3 Å². The third kappa shape index (κ3) is 3.12. The molecule has 0 spiro atoms. The lowest BCUT2D eigenvalue weighted by Gasteiger charge is -2.11. The molecule has 0 bridgehead atoms. The minimum atomic E-state index is -2.88. The molecule has 2 aromatic rings. The van der Waals surface area contributed by atoms with Crippen molar-refractivity contribution in [2.24, 2.45) is 7.05 Å². The third-order valence-electron chi connectivity index (χ3n) is 3.36. The van der Waals surface area contributed by atoms with Gasteiger partial charge < -0.3 is 14.0 Å². The second-order valence-corrected chi connectivity index (χ2v) is 4.92. The Bertz CT molecular complexity index is 626. The van der Waals surface area contributed by atoms with Gasteiger partial charge in [0.1, 0.15) is 12.4 Å². The Labute approximate surface area is 120 Å². The molecule has 1 saturated carbocycles. The van der Waals surface area contributed by atoms with Crippen molar-refractivity contribution in [3.8, 4) is 11.5 Å². The van der Waals surface area contributed by atoms with Crippen LogP contribution in [0.3, 0.4) is 0 Å². The van der Waals surface area contributed by atoms with E-state index in [1.165, 1.54) is 6.07 Å². The van der Waals surface area contributed by atoms with Crippen LogP contribution in [0.2, 0.25) is 0 Å². The molecule has 1 aromatic heterocycles. The predicted molar refractivity (Wildman–Crippen MR) is 70.4 cm³/mol. The summed E-state index contributed by atoms with van der Waals surface area (Å²) in [6.07, 6.45) is 2.27. The van der Waals surface area contributed by atoms with Crippen molar-refractivity contribution in [1.82, 2.24) is 14.8 Å². The Balaban J connectivity index is 1.70. The smallest absolute Gasteiger partial charge is 0.387 e. The van der Waals surface area contributed by atoms with E-state index >= 15 is 0 Å². The summed E-state index contributed by atoms with van der Waals surface area (Å²) >= 11 is 0. The average molecular weight is 295 g/mol. The van der Waals surface area contributed by atoms with Gasteiger partial charge in [-0.15, -0.1) is 10.2 Å². The molecule has 0 saturated heterocycles. The highest BCUT2D eigenvalue weighted by Gasteiger charge is 2.29. The zero-order valence-electron chi connectivity index (χ0n) is 11.5. The number of hydrogen-bond acceptors (Lipinski definition) is 4. The van der Waals surface area contributed by atoms with Crippen LogP contribution in [0.4, 0.5) is 8.78 Å². The van der Waals surface area contributed by atoms with E-state index in [9.17, 15) is 8.78 Å². The van der Waals surface area contributed by atoms with Gasteiger partial charge in [0.15, 0.2) is 17.3 Å². The Morgan fingerprint density at radius 2 is 1.95 bits per heavy atom. The molecule has 1 fully saturated rings. The van der Waals surface area contributed by atoms with Crippen molar-refractivity contribution in [3.63, 3.8) is 0 Å². The van der Waals surface area contributed by atoms with Gasteiger partial charge in [-0.1, -0.05) is 12.1 Å². The molecule has 3 rings (SSSR count). The van der Waals surface area contributed by atoms with Crippen molar-refractivity contribution in [1.29, 1.82) is 0 Å². The van der Waals surface area contributed by atoms with Crippen molar-refractivity contribution < 1.29 is 18.3 Å². The maximum Gasteiger partial charge on any atom is 0.387 e. The highest BCUT2D eigenvalue weighted by atomic mass is 19.3. The van der Waals surface area contributed by atoms with E-state index in [1.54, 1.807) is 18.2 Å². The van der Waals surface area contributed by atoms with E-state index in [2.05, 4.69) is 14.9 Å². The molecule has 0 N–H and O–H groups in total. The largest absolute Gasteiger partial charge is 0.482 e. The fourth-order valence-electron chi connectivity index (χ4n) is 2.10. The molecular formula is C14H15F2N3O2. The van der Waals surface area contributed by atoms with Gasteiger partial charge >= 0.3 is 6.61 Å². The van der Waals surface area contributed by atoms with E-state index in [1.807, 2.05) is 11.6 Å². The number of halogens is 2. The Hall–Kier alpha value is -2.18. The quantitative estimate of drug-likeness (QED) is 0.822. The third-order valence-corrected chi connectivity index (χ3v) is 3.36. The van der Waals surface area contributed by atoms with E-state index < -0.39 is 6.61 Å². The topological polar surface area (TPSA) is 49.2 Å². The second-order valence-electron chi connectivity index (χ2n) is 4.92. The minimum Gasteiger partial charge on any atom is -0.482 e. The van der Waals surface area contributed by atoms with Crippen LogP contribution in [0, 0.1) is 0 Å². The van der Waals surface area contributed by atoms with Gasteiger partial charge in [-0.25, -0.2) is 0 Å². The van der Waals surface area contributed by atoms with Gasteiger partial charge in [-0.05, 0) is 25.0 Å². The number of rotatable bonds is 6. The molecule has 1 aromatic carbocycles. The molecule has 21 heavy (non-hydrogen) atoms. The van der Waals surface area contributed by atoms with Gasteiger partial charge in [0, 0.05) is 13.0 Å². The van der Waals surface area contributed by atoms with E-state index in [4.69, 9.17) is 4.74 Å². The fourth-order valence-corrected chi connectivity index (χ4v) is 2.10. The maximum atomic E-state index is 12.3. The summed E-state index contributed by atoms with van der Waals surface area (Å²) in [5, 5.41) is 8.22. The van der Waals surface area contributed by atoms with Gasteiger partial charge in [0.25, 0.3) is 0 Å². The average Bonchev–Trinajstić information content (AvgIpc) is 3.22. The fraction of sp³-hybridized carbons (Fsp3) is 0.429. The monoisotopic (exact) mass is 295 g/mol. The number of alkyl halides is 2. The van der Waals surface area contributed by atoms with Gasteiger partial charge in [0.2, 0.25) is 0 Å². The minimum absolute atomic E-state index is 0.0112. The number of ether oxygens (including phenoxy) is 2. The van der Waals surface area contributed by atoms with Crippen LogP contribution < -0.4 is 9.47 Å². The first kappa shape index (κ1) is 13.8. The number of aromatic nitrogens is 3. The van der Waals surface area contributed by atoms with Crippen LogP contribution >= 0.6 is 0 Å². The van der Waals surface area contributed by atoms with E-state index in [0.717, 1.165) is 18.7 Å². The molecule has 1 aliphatic rings. The molecule has 5 nitrogen and oxygen atoms in total. The van der Waals surface area contributed by atoms with Gasteiger partial charge in [0.05, 0.1) is 0 Å². The summed E-state index contributed by atoms with van der Waals surface area (Å²) < 4.78 is 36.5. The molecule has 0 radical (unpaired) electrons. The lowest BCUT2D eigenvalue weighted by atomic mass is 10.3. The summed E-state index contributed by atoms with van der Waals surface area (Å²) in [7, 11) is 1.88. The zero-order valence-corrected chi connectivity index (χ0v) is 11.5. The molecule has 112 valence electrons. The maximum absolute atomic E-state index is 12.3. The SMILES string of the molecule is Cn1c(COc2ccccc2OC(F)F)nnc1C1CC1. The van der Waals surface area contributed by atoms with Crippen LogP contribution in [-0.4, -0.2) is 21.4 Å². The van der Waals surface area contributed by atoms with Crippen LogP contribution in [-0.2, 0) is 13.7 Å². The van der Waals surface area contributed by atoms with Crippen molar-refractivity contribution in [2.75, 3.05) is 0 Å². The summed E-state index contributed by atoms with van der Waals surface area (Å²) in [4.78, 5) is 0. The van der Waals surface area contributed by atoms with Crippen molar-refractivity contribution in [2.45, 2.75) is 32.0 Å². The molecule has 0 unspecified atom stereocenters. The Morgan fingerprint density at radius 1 is 1.24 bits per heavy atom. The number of hydrogen-bond donors (Lipinski definition) is 0. The van der Waals surface area contributed by atoms with Gasteiger partial charge in [-0.3, -0.25) is 0 Å². The number of para-hydroxylation sites is 2. The standard InChI is InChI=1S/C14H15F2N3O2/c1-19-12(17-18-13(19)9-6-7-9)8-20-10-4-2-3-5-11(10)21-14(15)16/h2-5,9,14H,6-8H2,1H3. The molecule has 0 atom stereocenters. The molecule has 7 heteroatoms. The van der Waals surface area contributed by atoms with Crippen molar-refractivity contribution in [3.05, 3.63) is 35.9 Å². The molecular weight excluding hydrogens is 280 g/mol. The first-order valence-electron chi connectivity index (χ1n) is 6.70. The van der Waals surface area contributed by atoms with E-state index in [-0.39, 0.29) is 18.1 Å². The van der Waals surface area contributed by atoms with E-state index in [0.29, 0.717) is 11.7 Å². The normalized spacial score (nSPS) is 14.5. The number of nitrogens with zero attached hydrogens (tertiary/aromatic N) is 3. The number of benzene rings is 1. The highest BCUT2D eigenvalue weighted by molar-refractivity contribution is 5.39. The second kappa shape index (κ2) is 5.67. The molecule has 1 aliphatic carbocycles. The molecule has 1 heterocycles. The van der Waals surface area contributed by atoms with Crippen molar-refractivity contribution >= 4 is 0 Å². The first-order chi connectivity index (χ1) is 10.1. The summed E-state index contributed by atoms with van der Waals surface area (Å²) in [6, 6.07) is 6.32. The summed E-state index contributed by atoms with van der Waals surface area (Å²) in [5.41, 5.74) is 0. The first-order valence-corrected chi connectivity index (χ1v) is 6.70. The molecule has 0 amide bonds. The Kier molecular flexibility index (Phi) is 3.72. The lowest BCUT2D eigenvalue weighted by molar-refractivity contribution is -0.0516. The lowest BCUT2D eigenvalue weighted by Crippen LogP contribution is -2.07. The van der Waals surface area contributed by atoms with Crippen LogP contribution in [0.5, 0.6) is 11.5 Å². The predicted octanol–water partition coefficient (Wildman–Crippen LogP) is 2.87. The van der Waals surface area contributed by atoms with Crippen LogP contribution in [0.25, 0.3) is 0 Å². The summed E-state index contributed by atoms with van der Waals surface area (Å²) in [5.74, 6) is 2.37. The Morgan fingerprint density at radius 3 is 2.62 bits per heavy atom. The van der Waals surface area contributed by atoms with Crippen LogP contribution in [0.1, 0.15) is 30.4 Å². The van der Waals surface area contributed by atoms with Gasteiger partial charge in [-0.2, -0.15) is 8.78 Å². The summed E-state index contributed by atoms with van der Waals surface area (Å²) in [6.45, 7) is -2.73.